The summed E-state index contributed by atoms with van der Waals surface area (Å²) < 4.78 is 13.1. The fourth-order valence-corrected chi connectivity index (χ4v) is 0.965. The SMILES string of the molecule is Fc1cccc(I)c1.N=C=O. The van der Waals surface area contributed by atoms with Crippen LogP contribution in [0.4, 0.5) is 4.39 Å². The molecule has 0 fully saturated rings. The van der Waals surface area contributed by atoms with Crippen LogP contribution in [0.3, 0.4) is 0 Å². The van der Waals surface area contributed by atoms with Gasteiger partial charge in [0.05, 0.1) is 0 Å². The quantitative estimate of drug-likeness (QED) is 0.436. The monoisotopic (exact) mass is 265 g/mol. The minimum atomic E-state index is -0.170. The van der Waals surface area contributed by atoms with Crippen LogP contribution in [0.2, 0.25) is 0 Å². The number of hydrogen-bond donors (Lipinski definition) is 1. The third-order valence-electron chi connectivity index (χ3n) is 0.787. The van der Waals surface area contributed by atoms with Gasteiger partial charge in [0.25, 0.3) is 0 Å². The van der Waals surface area contributed by atoms with E-state index in [0.717, 1.165) is 9.65 Å². The molecule has 0 spiro atoms. The molecule has 0 unspecified atom stereocenters. The normalized spacial score (nSPS) is 7.45. The molecule has 1 aromatic rings. The number of rotatable bonds is 0. The summed E-state index contributed by atoms with van der Waals surface area (Å²) in [5.74, 6) is -0.170. The van der Waals surface area contributed by atoms with Crippen molar-refractivity contribution in [2.75, 3.05) is 0 Å². The molecule has 0 aromatic heterocycles. The number of nitrogens with one attached hydrogen (secondary N) is 1. The van der Waals surface area contributed by atoms with Gasteiger partial charge in [0, 0.05) is 3.57 Å². The average molecular weight is 265 g/mol. The second-order valence-electron chi connectivity index (χ2n) is 1.54. The van der Waals surface area contributed by atoms with E-state index >= 15 is 0 Å². The first-order chi connectivity index (χ1) is 5.20. The second-order valence-corrected chi connectivity index (χ2v) is 2.79. The maximum Gasteiger partial charge on any atom is 0.231 e. The van der Waals surface area contributed by atoms with E-state index in [1.165, 1.54) is 12.1 Å². The Kier molecular flexibility index (Phi) is 5.60. The van der Waals surface area contributed by atoms with Crippen LogP contribution < -0.4 is 0 Å². The highest BCUT2D eigenvalue weighted by molar-refractivity contribution is 14.1. The molecule has 2 nitrogen and oxygen atoms in total. The Morgan fingerprint density at radius 3 is 2.36 bits per heavy atom. The molecule has 1 aromatic carbocycles. The van der Waals surface area contributed by atoms with Gasteiger partial charge in [-0.25, -0.2) is 14.6 Å². The van der Waals surface area contributed by atoms with Crippen molar-refractivity contribution in [3.8, 4) is 0 Å². The fourth-order valence-electron chi connectivity index (χ4n) is 0.460. The molecule has 4 heteroatoms. The fraction of sp³-hybridized carbons (Fsp3) is 0. The van der Waals surface area contributed by atoms with Crippen LogP contribution in [-0.4, -0.2) is 6.08 Å². The maximum absolute atomic E-state index is 12.2. The van der Waals surface area contributed by atoms with E-state index in [9.17, 15) is 4.39 Å². The van der Waals surface area contributed by atoms with Crippen molar-refractivity contribution in [1.29, 1.82) is 5.41 Å². The Morgan fingerprint density at radius 2 is 2.09 bits per heavy atom. The van der Waals surface area contributed by atoms with Crippen molar-refractivity contribution in [2.24, 2.45) is 0 Å². The Balaban J connectivity index is 0.000000292. The third-order valence-corrected chi connectivity index (χ3v) is 1.46. The van der Waals surface area contributed by atoms with E-state index in [1.807, 2.05) is 6.07 Å². The molecule has 11 heavy (non-hydrogen) atoms. The number of hydrogen-bond acceptors (Lipinski definition) is 2. The molecule has 0 saturated carbocycles. The Labute approximate surface area is 77.1 Å². The lowest BCUT2D eigenvalue weighted by atomic mass is 10.4. The van der Waals surface area contributed by atoms with Crippen LogP contribution >= 0.6 is 22.6 Å². The zero-order valence-electron chi connectivity index (χ0n) is 5.47. The van der Waals surface area contributed by atoms with Crippen LogP contribution in [0.1, 0.15) is 0 Å². The average Bonchev–Trinajstić information content (AvgIpc) is 1.88. The summed E-state index contributed by atoms with van der Waals surface area (Å²) in [6.07, 6.45) is 0.750. The van der Waals surface area contributed by atoms with Crippen LogP contribution in [0.5, 0.6) is 0 Å². The molecule has 0 aliphatic carbocycles. The molecule has 1 N–H and O–H groups in total. The predicted octanol–water partition coefficient (Wildman–Crippen LogP) is 2.33. The van der Waals surface area contributed by atoms with Crippen molar-refractivity contribution in [1.82, 2.24) is 0 Å². The smallest absolute Gasteiger partial charge is 0.222 e. The van der Waals surface area contributed by atoms with E-state index < -0.39 is 0 Å². The largest absolute Gasteiger partial charge is 0.231 e. The molecule has 0 amide bonds. The van der Waals surface area contributed by atoms with E-state index in [-0.39, 0.29) is 5.82 Å². The predicted molar refractivity (Wildman–Crippen MR) is 47.5 cm³/mol. The van der Waals surface area contributed by atoms with Gasteiger partial charge in [-0.15, -0.1) is 0 Å². The van der Waals surface area contributed by atoms with Gasteiger partial charge in [0.2, 0.25) is 6.08 Å². The molecule has 58 valence electrons. The first kappa shape index (κ1) is 10.3. The summed E-state index contributed by atoms with van der Waals surface area (Å²) in [4.78, 5) is 8.35. The van der Waals surface area contributed by atoms with Gasteiger partial charge < -0.3 is 0 Å². The summed E-state index contributed by atoms with van der Waals surface area (Å²) in [5, 5.41) is 5.40. The third kappa shape index (κ3) is 5.69. The highest BCUT2D eigenvalue weighted by atomic mass is 127. The van der Waals surface area contributed by atoms with Gasteiger partial charge in [-0.2, -0.15) is 0 Å². The van der Waals surface area contributed by atoms with Crippen molar-refractivity contribution in [3.05, 3.63) is 33.7 Å². The molecule has 1 rings (SSSR count). The van der Waals surface area contributed by atoms with Crippen molar-refractivity contribution >= 4 is 28.7 Å². The molecule has 0 radical (unpaired) electrons. The minimum absolute atomic E-state index is 0.170. The maximum atomic E-state index is 12.2. The van der Waals surface area contributed by atoms with Gasteiger partial charge in [0.15, 0.2) is 0 Å². The van der Waals surface area contributed by atoms with E-state index in [1.54, 1.807) is 6.07 Å². The van der Waals surface area contributed by atoms with E-state index in [4.69, 9.17) is 10.2 Å². The Hall–Kier alpha value is -0.740. The molecule has 0 aliphatic heterocycles. The van der Waals surface area contributed by atoms with Crippen LogP contribution in [0, 0.1) is 14.8 Å². The first-order valence-corrected chi connectivity index (χ1v) is 3.73. The van der Waals surface area contributed by atoms with Crippen molar-refractivity contribution in [2.45, 2.75) is 0 Å². The van der Waals surface area contributed by atoms with Gasteiger partial charge in [-0.05, 0) is 40.8 Å². The zero-order valence-corrected chi connectivity index (χ0v) is 7.63. The molecule has 0 heterocycles. The summed E-state index contributed by atoms with van der Waals surface area (Å²) in [6, 6.07) is 6.46. The summed E-state index contributed by atoms with van der Waals surface area (Å²) in [7, 11) is 0. The molecule has 0 atom stereocenters. The summed E-state index contributed by atoms with van der Waals surface area (Å²) in [5.41, 5.74) is 0. The molecular weight excluding hydrogens is 260 g/mol. The van der Waals surface area contributed by atoms with Gasteiger partial charge in [-0.3, -0.25) is 0 Å². The lowest BCUT2D eigenvalue weighted by molar-refractivity contribution is 0.563. The highest BCUT2D eigenvalue weighted by Crippen LogP contribution is 2.04. The van der Waals surface area contributed by atoms with E-state index in [0.29, 0.717) is 0 Å². The number of halogens is 2. The molecule has 0 bridgehead atoms. The van der Waals surface area contributed by atoms with Crippen LogP contribution in [0.25, 0.3) is 0 Å². The number of carbonyl (C=O) groups excluding carboxylic acids is 1. The number of isocyanates is 1. The summed E-state index contributed by atoms with van der Waals surface area (Å²) in [6.45, 7) is 0. The molecular formula is C7H5FINO. The van der Waals surface area contributed by atoms with Gasteiger partial charge >= 0.3 is 0 Å². The van der Waals surface area contributed by atoms with Crippen LogP contribution in [0.15, 0.2) is 24.3 Å². The summed E-state index contributed by atoms with van der Waals surface area (Å²) >= 11 is 2.07. The van der Waals surface area contributed by atoms with Crippen LogP contribution in [-0.2, 0) is 4.79 Å². The minimum Gasteiger partial charge on any atom is -0.222 e. The van der Waals surface area contributed by atoms with Crippen molar-refractivity contribution in [3.63, 3.8) is 0 Å². The molecule has 0 aliphatic rings. The standard InChI is InChI=1S/C6H4FI.CHNO/c7-5-2-1-3-6(8)4-5;2-1-3/h1-4H;2H. The lowest BCUT2D eigenvalue weighted by Gasteiger charge is -1.85. The number of benzene rings is 1. The second kappa shape index (κ2) is 6.00. The van der Waals surface area contributed by atoms with Gasteiger partial charge in [-0.1, -0.05) is 6.07 Å². The zero-order chi connectivity index (χ0) is 8.69. The highest BCUT2D eigenvalue weighted by Gasteiger charge is 1.86. The van der Waals surface area contributed by atoms with Crippen molar-refractivity contribution < 1.29 is 9.18 Å². The Bertz CT molecular complexity index is 241. The first-order valence-electron chi connectivity index (χ1n) is 2.65. The van der Waals surface area contributed by atoms with E-state index in [2.05, 4.69) is 22.6 Å². The topological polar surface area (TPSA) is 40.9 Å². The molecule has 0 saturated heterocycles. The van der Waals surface area contributed by atoms with Gasteiger partial charge in [0.1, 0.15) is 5.82 Å². The Morgan fingerprint density at radius 1 is 1.55 bits per heavy atom. The lowest BCUT2D eigenvalue weighted by Crippen LogP contribution is -1.71.